The maximum atomic E-state index is 2.73. The molecule has 0 aliphatic carbocycles. The van der Waals surface area contributed by atoms with E-state index in [-0.39, 0.29) is 6.71 Å². The van der Waals surface area contributed by atoms with Crippen LogP contribution in [-0.4, -0.2) is 11.3 Å². The molecule has 0 atom stereocenters. The van der Waals surface area contributed by atoms with E-state index in [1.165, 1.54) is 16.4 Å². The lowest BCUT2D eigenvalue weighted by Gasteiger charge is -2.46. The van der Waals surface area contributed by atoms with Crippen LogP contribution in [0.3, 0.4) is 0 Å². The normalized spacial score (nSPS) is 12.1. The van der Waals surface area contributed by atoms with Gasteiger partial charge in [-0.1, -0.05) is 340 Å². The maximum Gasteiger partial charge on any atom is 0.252 e. The molecular formula is C96H65BN4. The second-order valence-corrected chi connectivity index (χ2v) is 26.2. The van der Waals surface area contributed by atoms with Crippen molar-refractivity contribution in [1.29, 1.82) is 0 Å². The summed E-state index contributed by atoms with van der Waals surface area (Å²) in [5, 5.41) is 2.31. The molecule has 0 saturated heterocycles. The van der Waals surface area contributed by atoms with E-state index in [0.29, 0.717) is 0 Å². The highest BCUT2D eigenvalue weighted by Gasteiger charge is 2.47. The van der Waals surface area contributed by atoms with Crippen molar-refractivity contribution < 1.29 is 0 Å². The Morgan fingerprint density at radius 3 is 1.01 bits per heavy atom. The quantitative estimate of drug-likeness (QED) is 0.107. The van der Waals surface area contributed by atoms with Gasteiger partial charge in [-0.05, 0) is 115 Å². The van der Waals surface area contributed by atoms with Crippen LogP contribution in [0, 0.1) is 0 Å². The van der Waals surface area contributed by atoms with Crippen LogP contribution in [0.15, 0.2) is 394 Å². The summed E-state index contributed by atoms with van der Waals surface area (Å²) in [5.74, 6) is 0. The molecule has 0 bridgehead atoms. The van der Waals surface area contributed by atoms with Crippen molar-refractivity contribution >= 4 is 96.1 Å². The Balaban J connectivity index is 1.03. The summed E-state index contributed by atoms with van der Waals surface area (Å²) in [5.41, 5.74) is 32.5. The first kappa shape index (κ1) is 59.1. The Labute approximate surface area is 589 Å². The number of hydrogen-bond donors (Lipinski definition) is 0. The molecular weight excluding hydrogens is 1220 g/mol. The van der Waals surface area contributed by atoms with E-state index >= 15 is 0 Å². The first-order valence-electron chi connectivity index (χ1n) is 34.9. The van der Waals surface area contributed by atoms with Gasteiger partial charge in [-0.15, -0.1) is 0 Å². The molecule has 17 aromatic rings. The molecule has 2 aliphatic rings. The summed E-state index contributed by atoms with van der Waals surface area (Å²) in [4.78, 5) is 7.87. The van der Waals surface area contributed by atoms with E-state index in [9.17, 15) is 0 Å². The van der Waals surface area contributed by atoms with Crippen LogP contribution in [0.2, 0.25) is 0 Å². The summed E-state index contributed by atoms with van der Waals surface area (Å²) in [6.07, 6.45) is 0. The molecule has 2 aliphatic heterocycles. The molecule has 5 heteroatoms. The van der Waals surface area contributed by atoms with Crippen LogP contribution in [0.25, 0.3) is 105 Å². The lowest BCUT2D eigenvalue weighted by atomic mass is 9.33. The Kier molecular flexibility index (Phi) is 14.6. The molecule has 3 heterocycles. The topological polar surface area (TPSA) is 14.7 Å². The maximum absolute atomic E-state index is 2.73. The third-order valence-corrected chi connectivity index (χ3v) is 20.5. The smallest absolute Gasteiger partial charge is 0.252 e. The van der Waals surface area contributed by atoms with Crippen molar-refractivity contribution in [2.24, 2.45) is 0 Å². The van der Waals surface area contributed by atoms with Crippen molar-refractivity contribution in [1.82, 2.24) is 4.57 Å². The van der Waals surface area contributed by atoms with E-state index in [0.717, 1.165) is 157 Å². The van der Waals surface area contributed by atoms with Crippen LogP contribution in [0.5, 0.6) is 0 Å². The highest BCUT2D eigenvalue weighted by molar-refractivity contribution is 7.00. The number of para-hydroxylation sites is 6. The molecule has 101 heavy (non-hydrogen) atoms. The predicted molar refractivity (Wildman–Crippen MR) is 428 cm³/mol. The Hall–Kier alpha value is -13.2. The highest BCUT2D eigenvalue weighted by Crippen LogP contribution is 2.57. The molecule has 0 spiro atoms. The fourth-order valence-electron chi connectivity index (χ4n) is 16.2. The number of rotatable bonds is 13. The lowest BCUT2D eigenvalue weighted by molar-refractivity contribution is 1.18. The molecule has 0 unspecified atom stereocenters. The molecule has 19 rings (SSSR count). The molecule has 16 aromatic carbocycles. The number of anilines is 9. The Bertz CT molecular complexity index is 5720. The van der Waals surface area contributed by atoms with Crippen LogP contribution in [-0.2, 0) is 0 Å². The van der Waals surface area contributed by atoms with Crippen LogP contribution < -0.4 is 31.1 Å². The predicted octanol–water partition coefficient (Wildman–Crippen LogP) is 24.0. The largest absolute Gasteiger partial charge is 0.310 e. The molecule has 0 radical (unpaired) electrons. The molecule has 0 saturated carbocycles. The Morgan fingerprint density at radius 1 is 0.218 bits per heavy atom. The molecule has 4 nitrogen and oxygen atoms in total. The van der Waals surface area contributed by atoms with Gasteiger partial charge < -0.3 is 19.3 Å². The van der Waals surface area contributed by atoms with Crippen molar-refractivity contribution in [3.8, 4) is 83.6 Å². The number of fused-ring (bicyclic) bond motifs is 8. The van der Waals surface area contributed by atoms with Crippen LogP contribution in [0.4, 0.5) is 51.2 Å². The van der Waals surface area contributed by atoms with E-state index in [4.69, 9.17) is 0 Å². The van der Waals surface area contributed by atoms with Gasteiger partial charge in [-0.2, -0.15) is 0 Å². The van der Waals surface area contributed by atoms with Gasteiger partial charge in [0.25, 0.3) is 6.71 Å². The zero-order valence-corrected chi connectivity index (χ0v) is 55.4. The van der Waals surface area contributed by atoms with Crippen molar-refractivity contribution in [2.75, 3.05) is 14.7 Å². The monoisotopic (exact) mass is 1280 g/mol. The minimum absolute atomic E-state index is 0.297. The van der Waals surface area contributed by atoms with Crippen molar-refractivity contribution in [2.45, 2.75) is 0 Å². The van der Waals surface area contributed by atoms with Gasteiger partial charge in [-0.25, -0.2) is 0 Å². The van der Waals surface area contributed by atoms with Crippen LogP contribution in [0.1, 0.15) is 0 Å². The zero-order chi connectivity index (χ0) is 66.7. The van der Waals surface area contributed by atoms with Crippen LogP contribution >= 0.6 is 0 Å². The third-order valence-electron chi connectivity index (χ3n) is 20.5. The number of nitrogens with zero attached hydrogens (tertiary/aromatic N) is 4. The second kappa shape index (κ2) is 25.0. The number of hydrogen-bond acceptors (Lipinski definition) is 3. The summed E-state index contributed by atoms with van der Waals surface area (Å²) >= 11 is 0. The number of aromatic nitrogens is 1. The highest BCUT2D eigenvalue weighted by atomic mass is 15.2. The SMILES string of the molecule is c1ccc(-c2ccc3c(c2)N(c2c(-c4ccccc4)cccc2-c2ccccc2)c2cc(N(c4ccccc4)c4ccccc4)cc4c2B3c2ccc3c(c2N4c2c(-c4ccccc4)cccc2-c2ccccc2)c2ccccc2n3-c2c(-c3ccccc3)cccc2-c2ccccc2)cc1. The second-order valence-electron chi connectivity index (χ2n) is 26.2. The van der Waals surface area contributed by atoms with Crippen molar-refractivity contribution in [3.05, 3.63) is 394 Å². The molecule has 1 aromatic heterocycles. The molecule has 472 valence electrons. The van der Waals surface area contributed by atoms with E-state index in [1.54, 1.807) is 0 Å². The van der Waals surface area contributed by atoms with Crippen molar-refractivity contribution in [3.63, 3.8) is 0 Å². The molecule has 0 amide bonds. The van der Waals surface area contributed by atoms with Gasteiger partial charge in [0, 0.05) is 72.6 Å². The standard InChI is InChI=1S/C96H65BN4/c1-10-33-66(34-11-1)73-59-60-84-88(63-73)100(94-79(69-39-16-4-17-40-69)54-31-55-80(94)70-41-18-5-19-42-70)89-64-76(98(74-47-24-8-25-48-74)75-49-26-9-27-50-75)65-90-92(89)97(84)85-61-62-87-91(96(85)101(90)95-81(71-43-20-6-21-44-71)56-32-57-82(95)72-45-22-7-23-46-72)83-51-28-29-58-86(83)99(87)93-77(67-35-12-2-13-36-67)52-30-53-78(93)68-37-14-3-15-38-68/h1-65H. The first-order valence-corrected chi connectivity index (χ1v) is 34.9. The third kappa shape index (κ3) is 10.00. The van der Waals surface area contributed by atoms with E-state index in [1.807, 2.05) is 0 Å². The summed E-state index contributed by atoms with van der Waals surface area (Å²) < 4.78 is 2.59. The lowest BCUT2D eigenvalue weighted by Crippen LogP contribution is -2.61. The zero-order valence-electron chi connectivity index (χ0n) is 55.4. The van der Waals surface area contributed by atoms with Gasteiger partial charge in [0.1, 0.15) is 0 Å². The summed E-state index contributed by atoms with van der Waals surface area (Å²) in [6, 6.07) is 146. The molecule has 0 fully saturated rings. The van der Waals surface area contributed by atoms with Gasteiger partial charge in [0.05, 0.1) is 39.5 Å². The Morgan fingerprint density at radius 2 is 0.574 bits per heavy atom. The van der Waals surface area contributed by atoms with Gasteiger partial charge in [0.2, 0.25) is 0 Å². The fraction of sp³-hybridized carbons (Fsp3) is 0. The minimum Gasteiger partial charge on any atom is -0.310 e. The fourth-order valence-corrected chi connectivity index (χ4v) is 16.2. The summed E-state index contributed by atoms with van der Waals surface area (Å²) in [6.45, 7) is -0.297. The van der Waals surface area contributed by atoms with Gasteiger partial charge in [0.15, 0.2) is 0 Å². The molecule has 0 N–H and O–H groups in total. The van der Waals surface area contributed by atoms with E-state index in [2.05, 4.69) is 414 Å². The minimum atomic E-state index is -0.297. The number of benzene rings is 16. The van der Waals surface area contributed by atoms with Gasteiger partial charge in [-0.3, -0.25) is 0 Å². The average Bonchev–Trinajstić information content (AvgIpc) is 1.64. The average molecular weight is 1290 g/mol. The first-order chi connectivity index (χ1) is 50.2. The summed E-state index contributed by atoms with van der Waals surface area (Å²) in [7, 11) is 0. The van der Waals surface area contributed by atoms with E-state index < -0.39 is 0 Å². The van der Waals surface area contributed by atoms with Gasteiger partial charge >= 0.3 is 0 Å².